The highest BCUT2D eigenvalue weighted by molar-refractivity contribution is 5.69. The van der Waals surface area contributed by atoms with Crippen molar-refractivity contribution in [3.05, 3.63) is 12.2 Å². The van der Waals surface area contributed by atoms with Crippen LogP contribution in [0.1, 0.15) is 283 Å². The van der Waals surface area contributed by atoms with Gasteiger partial charge in [-0.25, -0.2) is 0 Å². The minimum absolute atomic E-state index is 0.0178. The van der Waals surface area contributed by atoms with Gasteiger partial charge in [0.05, 0.1) is 6.61 Å². The molecule has 0 saturated carbocycles. The molecule has 0 aromatic carbocycles. The van der Waals surface area contributed by atoms with E-state index in [1.807, 2.05) is 0 Å². The first-order valence-corrected chi connectivity index (χ1v) is 24.2. The zero-order valence-corrected chi connectivity index (χ0v) is 35.9. The summed E-state index contributed by atoms with van der Waals surface area (Å²) >= 11 is 0. The summed E-state index contributed by atoms with van der Waals surface area (Å²) in [6.07, 6.45) is 59.9. The number of unbranched alkanes of at least 4 members (excludes halogenated alkanes) is 38. The largest absolute Gasteiger partial charge is 0.481 e. The predicted molar refractivity (Wildman–Crippen MR) is 232 cm³/mol. The van der Waals surface area contributed by atoms with Crippen molar-refractivity contribution >= 4 is 11.9 Å². The van der Waals surface area contributed by atoms with E-state index in [0.717, 1.165) is 25.7 Å². The Morgan fingerprint density at radius 1 is 0.358 bits per heavy atom. The van der Waals surface area contributed by atoms with Gasteiger partial charge in [-0.15, -0.1) is 0 Å². The fourth-order valence-electron chi connectivity index (χ4n) is 7.57. The topological polar surface area (TPSA) is 63.6 Å². The van der Waals surface area contributed by atoms with Crippen molar-refractivity contribution in [2.24, 2.45) is 0 Å². The van der Waals surface area contributed by atoms with Crippen LogP contribution in [0.25, 0.3) is 0 Å². The molecule has 0 fully saturated rings. The predicted octanol–water partition coefficient (Wildman–Crippen LogP) is 17.0. The Morgan fingerprint density at radius 3 is 0.943 bits per heavy atom. The van der Waals surface area contributed by atoms with Gasteiger partial charge in [-0.1, -0.05) is 237 Å². The maximum absolute atomic E-state index is 12.0. The van der Waals surface area contributed by atoms with Crippen LogP contribution in [0.5, 0.6) is 0 Å². The minimum atomic E-state index is -0.655. The number of hydrogen-bond acceptors (Lipinski definition) is 3. The quantitative estimate of drug-likeness (QED) is 0.0383. The van der Waals surface area contributed by atoms with E-state index in [0.29, 0.717) is 19.4 Å². The number of allylic oxidation sites excluding steroid dienone is 2. The van der Waals surface area contributed by atoms with Gasteiger partial charge in [0, 0.05) is 12.8 Å². The molecule has 4 heteroatoms. The second-order valence-corrected chi connectivity index (χ2v) is 16.6. The van der Waals surface area contributed by atoms with Crippen molar-refractivity contribution in [1.82, 2.24) is 0 Å². The third-order valence-corrected chi connectivity index (χ3v) is 11.2. The summed E-state index contributed by atoms with van der Waals surface area (Å²) in [6, 6.07) is 0. The monoisotopic (exact) mass is 747 g/mol. The van der Waals surface area contributed by atoms with Crippen molar-refractivity contribution < 1.29 is 19.4 Å². The fourth-order valence-corrected chi connectivity index (χ4v) is 7.57. The molecule has 0 spiro atoms. The molecule has 314 valence electrons. The van der Waals surface area contributed by atoms with Gasteiger partial charge in [-0.3, -0.25) is 9.59 Å². The highest BCUT2D eigenvalue weighted by Gasteiger charge is 2.03. The van der Waals surface area contributed by atoms with Gasteiger partial charge in [0.25, 0.3) is 0 Å². The first-order valence-electron chi connectivity index (χ1n) is 24.2. The molecule has 1 N–H and O–H groups in total. The Balaban J connectivity index is 3.17. The molecule has 0 aliphatic carbocycles. The van der Waals surface area contributed by atoms with Crippen LogP contribution in [0, 0.1) is 0 Å². The third-order valence-electron chi connectivity index (χ3n) is 11.2. The smallest absolute Gasteiger partial charge is 0.305 e. The lowest BCUT2D eigenvalue weighted by Crippen LogP contribution is -2.05. The molecule has 4 nitrogen and oxygen atoms in total. The molecule has 53 heavy (non-hydrogen) atoms. The van der Waals surface area contributed by atoms with Crippen molar-refractivity contribution in [2.45, 2.75) is 283 Å². The molecule has 0 aliphatic heterocycles. The van der Waals surface area contributed by atoms with Gasteiger partial charge >= 0.3 is 11.9 Å². The van der Waals surface area contributed by atoms with E-state index in [-0.39, 0.29) is 5.97 Å². The first-order chi connectivity index (χ1) is 26.2. The summed E-state index contributed by atoms with van der Waals surface area (Å²) in [5, 5.41) is 8.66. The van der Waals surface area contributed by atoms with Crippen LogP contribution in [0.15, 0.2) is 12.2 Å². The molecule has 0 saturated heterocycles. The highest BCUT2D eigenvalue weighted by Crippen LogP contribution is 2.17. The van der Waals surface area contributed by atoms with E-state index < -0.39 is 5.97 Å². The number of esters is 1. The fraction of sp³-hybridized carbons (Fsp3) is 0.918. The molecular weight excluding hydrogens is 653 g/mol. The highest BCUT2D eigenvalue weighted by atomic mass is 16.5. The summed E-state index contributed by atoms with van der Waals surface area (Å²) in [7, 11) is 0. The van der Waals surface area contributed by atoms with E-state index >= 15 is 0 Å². The molecule has 0 bridgehead atoms. The number of carbonyl (C=O) groups excluding carboxylic acids is 1. The Labute approximate surface area is 332 Å². The van der Waals surface area contributed by atoms with E-state index in [1.54, 1.807) is 0 Å². The van der Waals surface area contributed by atoms with Gasteiger partial charge in [-0.2, -0.15) is 0 Å². The van der Waals surface area contributed by atoms with Gasteiger partial charge in [0.15, 0.2) is 0 Å². The normalized spacial score (nSPS) is 11.6. The number of ether oxygens (including phenoxy) is 1. The van der Waals surface area contributed by atoms with Gasteiger partial charge < -0.3 is 9.84 Å². The summed E-state index contributed by atoms with van der Waals surface area (Å²) in [6.45, 7) is 2.90. The van der Waals surface area contributed by atoms with Crippen LogP contribution >= 0.6 is 0 Å². The van der Waals surface area contributed by atoms with Gasteiger partial charge in [0.2, 0.25) is 0 Å². The second-order valence-electron chi connectivity index (χ2n) is 16.6. The molecule has 0 aromatic heterocycles. The molecular formula is C49H94O4. The zero-order chi connectivity index (χ0) is 38.4. The second kappa shape index (κ2) is 46.8. The number of aliphatic carboxylic acids is 1. The Morgan fingerprint density at radius 2 is 0.623 bits per heavy atom. The molecule has 0 aromatic rings. The average Bonchev–Trinajstić information content (AvgIpc) is 3.15. The van der Waals surface area contributed by atoms with Crippen LogP contribution < -0.4 is 0 Å². The number of carboxylic acids is 1. The van der Waals surface area contributed by atoms with Crippen molar-refractivity contribution in [3.63, 3.8) is 0 Å². The lowest BCUT2D eigenvalue weighted by atomic mass is 10.0. The molecule has 0 unspecified atom stereocenters. The minimum Gasteiger partial charge on any atom is -0.481 e. The first kappa shape index (κ1) is 51.7. The van der Waals surface area contributed by atoms with Crippen LogP contribution in [-0.2, 0) is 14.3 Å². The Kier molecular flexibility index (Phi) is 45.7. The Bertz CT molecular complexity index is 747. The maximum Gasteiger partial charge on any atom is 0.305 e. The van der Waals surface area contributed by atoms with Crippen molar-refractivity contribution in [3.8, 4) is 0 Å². The van der Waals surface area contributed by atoms with Crippen molar-refractivity contribution in [2.75, 3.05) is 6.61 Å². The molecule has 0 radical (unpaired) electrons. The standard InChI is InChI=1S/C49H94O4/c1-2-3-4-5-6-7-8-9-10-11-18-22-25-28-31-34-37-40-43-46-49(52)53-47-44-41-38-35-32-29-26-23-20-17-15-13-12-14-16-19-21-24-27-30-33-36-39-42-45-48(50)51/h9-10H,2-8,11-47H2,1H3,(H,50,51). The number of carboxylic acid groups (broad SMARTS) is 1. The molecule has 0 aliphatic rings. The van der Waals surface area contributed by atoms with E-state index in [1.165, 1.54) is 238 Å². The number of carbonyl (C=O) groups is 2. The molecule has 0 heterocycles. The van der Waals surface area contributed by atoms with Crippen LogP contribution in [0.4, 0.5) is 0 Å². The van der Waals surface area contributed by atoms with Crippen LogP contribution in [0.3, 0.4) is 0 Å². The maximum atomic E-state index is 12.0. The number of hydrogen-bond donors (Lipinski definition) is 1. The number of rotatable bonds is 46. The van der Waals surface area contributed by atoms with Crippen LogP contribution in [-0.4, -0.2) is 23.7 Å². The summed E-state index contributed by atoms with van der Waals surface area (Å²) in [5.74, 6) is -0.637. The summed E-state index contributed by atoms with van der Waals surface area (Å²) < 4.78 is 5.48. The van der Waals surface area contributed by atoms with Gasteiger partial charge in [0.1, 0.15) is 0 Å². The van der Waals surface area contributed by atoms with Crippen molar-refractivity contribution in [1.29, 1.82) is 0 Å². The lowest BCUT2D eigenvalue weighted by Gasteiger charge is -2.06. The molecule has 0 amide bonds. The summed E-state index contributed by atoms with van der Waals surface area (Å²) in [4.78, 5) is 22.5. The van der Waals surface area contributed by atoms with Gasteiger partial charge in [-0.05, 0) is 44.9 Å². The lowest BCUT2D eigenvalue weighted by molar-refractivity contribution is -0.144. The Hall–Kier alpha value is -1.32. The van der Waals surface area contributed by atoms with E-state index in [9.17, 15) is 9.59 Å². The average molecular weight is 747 g/mol. The SMILES string of the molecule is CCCCCCCCC=CCCCCCCCCCCCC(=O)OCCCCCCCCCCCCCCCCCCCCCCCCCCC(=O)O. The van der Waals surface area contributed by atoms with E-state index in [2.05, 4.69) is 19.1 Å². The van der Waals surface area contributed by atoms with Crippen LogP contribution in [0.2, 0.25) is 0 Å². The summed E-state index contributed by atoms with van der Waals surface area (Å²) in [5.41, 5.74) is 0. The molecule has 0 rings (SSSR count). The zero-order valence-electron chi connectivity index (χ0n) is 35.9. The molecule has 0 atom stereocenters. The third kappa shape index (κ3) is 48.7. The van der Waals surface area contributed by atoms with E-state index in [4.69, 9.17) is 9.84 Å².